The van der Waals surface area contributed by atoms with Crippen LogP contribution in [0.25, 0.3) is 0 Å². The van der Waals surface area contributed by atoms with Crippen LogP contribution < -0.4 is 5.32 Å². The highest BCUT2D eigenvalue weighted by Crippen LogP contribution is 2.08. The van der Waals surface area contributed by atoms with Gasteiger partial charge in [-0.25, -0.2) is 4.39 Å². The normalized spacial score (nSPS) is 12.5. The highest BCUT2D eigenvalue weighted by Gasteiger charge is 2.11. The molecule has 0 heterocycles. The molecule has 0 aromatic heterocycles. The molecule has 19 heavy (non-hydrogen) atoms. The third kappa shape index (κ3) is 5.83. The van der Waals surface area contributed by atoms with E-state index >= 15 is 0 Å². The Morgan fingerprint density at radius 1 is 1.42 bits per heavy atom. The fourth-order valence-corrected chi connectivity index (χ4v) is 2.04. The number of likely N-dealkylation sites (N-methyl/N-ethyl adjacent to an activating group) is 1. The van der Waals surface area contributed by atoms with Gasteiger partial charge < -0.3 is 5.32 Å². The van der Waals surface area contributed by atoms with Crippen LogP contribution in [0.2, 0.25) is 0 Å². The molecule has 0 fully saturated rings. The van der Waals surface area contributed by atoms with Gasteiger partial charge in [0.15, 0.2) is 0 Å². The van der Waals surface area contributed by atoms with Gasteiger partial charge >= 0.3 is 0 Å². The van der Waals surface area contributed by atoms with Gasteiger partial charge in [0, 0.05) is 18.2 Å². The lowest BCUT2D eigenvalue weighted by Gasteiger charge is -2.19. The van der Waals surface area contributed by atoms with Crippen molar-refractivity contribution in [2.75, 3.05) is 13.6 Å². The van der Waals surface area contributed by atoms with E-state index in [9.17, 15) is 9.18 Å². The molecule has 1 rings (SSSR count). The molecule has 1 atom stereocenters. The predicted molar refractivity (Wildman–Crippen MR) is 75.2 cm³/mol. The Morgan fingerprint density at radius 3 is 2.74 bits per heavy atom. The van der Waals surface area contributed by atoms with Gasteiger partial charge in [0.2, 0.25) is 5.91 Å². The number of carbonyl (C=O) groups is 1. The molecule has 0 spiro atoms. The second-order valence-electron chi connectivity index (χ2n) is 5.02. The molecule has 3 nitrogen and oxygen atoms in total. The summed E-state index contributed by atoms with van der Waals surface area (Å²) in [7, 11) is 1.82. The Hall–Kier alpha value is -1.42. The fraction of sp³-hybridized carbons (Fsp3) is 0.533. The van der Waals surface area contributed by atoms with Crippen molar-refractivity contribution in [1.82, 2.24) is 10.2 Å². The predicted octanol–water partition coefficient (Wildman–Crippen LogP) is 2.56. The van der Waals surface area contributed by atoms with Crippen LogP contribution in [0.1, 0.15) is 32.3 Å². The number of carbonyl (C=O) groups excluding carboxylic acids is 1. The molecule has 0 bridgehead atoms. The minimum Gasteiger partial charge on any atom is -0.353 e. The van der Waals surface area contributed by atoms with Crippen molar-refractivity contribution in [3.8, 4) is 0 Å². The molecule has 1 N–H and O–H groups in total. The van der Waals surface area contributed by atoms with Crippen LogP contribution in [-0.4, -0.2) is 30.4 Å². The van der Waals surface area contributed by atoms with Gasteiger partial charge in [-0.05, 0) is 26.5 Å². The average molecular weight is 266 g/mol. The maximum Gasteiger partial charge on any atom is 0.234 e. The van der Waals surface area contributed by atoms with Crippen LogP contribution in [0.4, 0.5) is 4.39 Å². The van der Waals surface area contributed by atoms with Crippen molar-refractivity contribution in [3.63, 3.8) is 0 Å². The highest BCUT2D eigenvalue weighted by atomic mass is 19.1. The third-order valence-electron chi connectivity index (χ3n) is 2.94. The number of amides is 1. The van der Waals surface area contributed by atoms with Crippen LogP contribution in [-0.2, 0) is 11.3 Å². The van der Waals surface area contributed by atoms with Crippen molar-refractivity contribution in [1.29, 1.82) is 0 Å². The molecule has 4 heteroatoms. The van der Waals surface area contributed by atoms with Crippen molar-refractivity contribution < 1.29 is 9.18 Å². The molecular weight excluding hydrogens is 243 g/mol. The first-order valence-electron chi connectivity index (χ1n) is 6.74. The van der Waals surface area contributed by atoms with Crippen molar-refractivity contribution >= 4 is 5.91 Å². The molecule has 1 aromatic carbocycles. The molecule has 0 saturated carbocycles. The lowest BCUT2D eigenvalue weighted by molar-refractivity contribution is -0.122. The number of hydrogen-bond acceptors (Lipinski definition) is 2. The van der Waals surface area contributed by atoms with Crippen molar-refractivity contribution in [2.24, 2.45) is 0 Å². The Morgan fingerprint density at radius 2 is 2.11 bits per heavy atom. The van der Waals surface area contributed by atoms with E-state index in [1.807, 2.05) is 18.9 Å². The largest absolute Gasteiger partial charge is 0.353 e. The van der Waals surface area contributed by atoms with E-state index in [-0.39, 0.29) is 24.3 Å². The number of nitrogens with zero attached hydrogens (tertiary/aromatic N) is 1. The summed E-state index contributed by atoms with van der Waals surface area (Å²) < 4.78 is 13.5. The second kappa shape index (κ2) is 7.89. The third-order valence-corrected chi connectivity index (χ3v) is 2.94. The van der Waals surface area contributed by atoms with E-state index in [1.54, 1.807) is 18.2 Å². The number of hydrogen-bond donors (Lipinski definition) is 1. The first-order chi connectivity index (χ1) is 9.02. The second-order valence-corrected chi connectivity index (χ2v) is 5.02. The molecule has 0 aliphatic rings. The Labute approximate surface area is 114 Å². The van der Waals surface area contributed by atoms with Crippen LogP contribution in [0.5, 0.6) is 0 Å². The first-order valence-corrected chi connectivity index (χ1v) is 6.74. The summed E-state index contributed by atoms with van der Waals surface area (Å²) in [6, 6.07) is 6.84. The summed E-state index contributed by atoms with van der Waals surface area (Å²) in [5, 5.41) is 2.94. The Bertz CT molecular complexity index is 409. The molecule has 1 unspecified atom stereocenters. The highest BCUT2D eigenvalue weighted by molar-refractivity contribution is 5.78. The summed E-state index contributed by atoms with van der Waals surface area (Å²) >= 11 is 0. The van der Waals surface area contributed by atoms with Gasteiger partial charge in [-0.3, -0.25) is 9.69 Å². The summed E-state index contributed by atoms with van der Waals surface area (Å²) in [5.41, 5.74) is 0.611. The fourth-order valence-electron chi connectivity index (χ4n) is 2.04. The first kappa shape index (κ1) is 15.6. The zero-order valence-electron chi connectivity index (χ0n) is 11.9. The smallest absolute Gasteiger partial charge is 0.234 e. The molecule has 0 aliphatic carbocycles. The van der Waals surface area contributed by atoms with Gasteiger partial charge in [0.1, 0.15) is 5.82 Å². The van der Waals surface area contributed by atoms with Crippen molar-refractivity contribution in [2.45, 2.75) is 39.3 Å². The molecule has 106 valence electrons. The quantitative estimate of drug-likeness (QED) is 0.822. The zero-order chi connectivity index (χ0) is 14.3. The van der Waals surface area contributed by atoms with E-state index in [0.717, 1.165) is 12.8 Å². The molecular formula is C15H23FN2O. The minimum atomic E-state index is -0.228. The Kier molecular flexibility index (Phi) is 6.50. The average Bonchev–Trinajstić information content (AvgIpc) is 2.31. The maximum absolute atomic E-state index is 13.5. The van der Waals surface area contributed by atoms with Crippen molar-refractivity contribution in [3.05, 3.63) is 35.6 Å². The molecule has 0 radical (unpaired) electrons. The number of halogens is 1. The van der Waals surface area contributed by atoms with E-state index in [2.05, 4.69) is 12.2 Å². The number of benzene rings is 1. The molecule has 0 aliphatic heterocycles. The number of rotatable bonds is 7. The van der Waals surface area contributed by atoms with Gasteiger partial charge in [0.25, 0.3) is 0 Å². The molecule has 0 saturated heterocycles. The summed E-state index contributed by atoms with van der Waals surface area (Å²) in [4.78, 5) is 13.6. The van der Waals surface area contributed by atoms with Gasteiger partial charge in [0.05, 0.1) is 6.54 Å². The van der Waals surface area contributed by atoms with Gasteiger partial charge in [-0.1, -0.05) is 31.5 Å². The maximum atomic E-state index is 13.5. The monoisotopic (exact) mass is 266 g/mol. The van der Waals surface area contributed by atoms with Gasteiger partial charge in [-0.15, -0.1) is 0 Å². The van der Waals surface area contributed by atoms with E-state index in [4.69, 9.17) is 0 Å². The zero-order valence-corrected chi connectivity index (χ0v) is 11.9. The topological polar surface area (TPSA) is 32.3 Å². The lowest BCUT2D eigenvalue weighted by Crippen LogP contribution is -2.39. The Balaban J connectivity index is 2.41. The van der Waals surface area contributed by atoms with Gasteiger partial charge in [-0.2, -0.15) is 0 Å². The molecule has 1 amide bonds. The standard InChI is InChI=1S/C15H23FN2O/c1-4-7-12(2)17-15(19)11-18(3)10-13-8-5-6-9-14(13)16/h5-6,8-9,12H,4,7,10-11H2,1-3H3,(H,17,19). The van der Waals surface area contributed by atoms with Crippen LogP contribution in [0.3, 0.4) is 0 Å². The van der Waals surface area contributed by atoms with Crippen LogP contribution in [0.15, 0.2) is 24.3 Å². The van der Waals surface area contributed by atoms with Crippen LogP contribution >= 0.6 is 0 Å². The van der Waals surface area contributed by atoms with E-state index < -0.39 is 0 Å². The number of nitrogens with one attached hydrogen (secondary N) is 1. The summed E-state index contributed by atoms with van der Waals surface area (Å²) in [6.45, 7) is 4.80. The van der Waals surface area contributed by atoms with E-state index in [1.165, 1.54) is 6.07 Å². The SMILES string of the molecule is CCCC(C)NC(=O)CN(C)Cc1ccccc1F. The van der Waals surface area contributed by atoms with Crippen LogP contribution in [0, 0.1) is 5.82 Å². The lowest BCUT2D eigenvalue weighted by atomic mass is 10.2. The summed E-state index contributed by atoms with van der Waals surface area (Å²) in [5.74, 6) is -0.242. The van der Waals surface area contributed by atoms with E-state index in [0.29, 0.717) is 12.1 Å². The summed E-state index contributed by atoms with van der Waals surface area (Å²) in [6.07, 6.45) is 2.02. The molecule has 1 aromatic rings. The minimum absolute atomic E-state index is 0.0141.